The first-order valence-electron chi connectivity index (χ1n) is 15.1. The van der Waals surface area contributed by atoms with Crippen LogP contribution in [0.3, 0.4) is 0 Å². The van der Waals surface area contributed by atoms with Crippen molar-refractivity contribution in [3.05, 3.63) is 83.2 Å². The Balaban J connectivity index is 1.25. The van der Waals surface area contributed by atoms with Crippen LogP contribution in [0.1, 0.15) is 53.3 Å². The van der Waals surface area contributed by atoms with Gasteiger partial charge in [-0.15, -0.1) is 0 Å². The van der Waals surface area contributed by atoms with Gasteiger partial charge in [-0.3, -0.25) is 9.89 Å². The monoisotopic (exact) mass is 626 g/mol. The van der Waals surface area contributed by atoms with Gasteiger partial charge in [-0.05, 0) is 86.3 Å². The predicted octanol–water partition coefficient (Wildman–Crippen LogP) is 7.30. The van der Waals surface area contributed by atoms with Crippen LogP contribution in [0, 0.1) is 11.7 Å². The number of hydrogen-bond acceptors (Lipinski definition) is 5. The van der Waals surface area contributed by atoms with E-state index in [1.807, 2.05) is 12.1 Å². The quantitative estimate of drug-likeness (QED) is 0.188. The molecule has 1 unspecified atom stereocenters. The van der Waals surface area contributed by atoms with Crippen LogP contribution in [0.25, 0.3) is 10.9 Å². The number of anilines is 3. The second kappa shape index (κ2) is 12.7. The summed E-state index contributed by atoms with van der Waals surface area (Å²) in [4.78, 5) is 18.2. The number of H-pyrrole nitrogens is 1. The summed E-state index contributed by atoms with van der Waals surface area (Å²) >= 11 is 0. The molecule has 3 aromatic carbocycles. The molecule has 2 aliphatic rings. The highest BCUT2D eigenvalue weighted by Crippen LogP contribution is 2.39. The van der Waals surface area contributed by atoms with Gasteiger partial charge in [0, 0.05) is 49.0 Å². The number of fused-ring (bicyclic) bond motifs is 1. The molecule has 0 spiro atoms. The Kier molecular flexibility index (Phi) is 8.67. The summed E-state index contributed by atoms with van der Waals surface area (Å²) in [5.41, 5.74) is 2.80. The highest BCUT2D eigenvalue weighted by molar-refractivity contribution is 6.11. The minimum Gasteiger partial charge on any atom is -0.382 e. The molecule has 0 bridgehead atoms. The molecule has 1 saturated heterocycles. The van der Waals surface area contributed by atoms with Crippen molar-refractivity contribution in [2.45, 2.75) is 44.1 Å². The number of piperazine rings is 1. The van der Waals surface area contributed by atoms with Gasteiger partial charge < -0.3 is 20.4 Å². The lowest BCUT2D eigenvalue weighted by atomic mass is 9.85. The average Bonchev–Trinajstić information content (AvgIpc) is 3.42. The third-order valence-electron chi connectivity index (χ3n) is 8.92. The van der Waals surface area contributed by atoms with E-state index in [-0.39, 0.29) is 35.8 Å². The summed E-state index contributed by atoms with van der Waals surface area (Å²) in [6, 6.07) is 15.4. The van der Waals surface area contributed by atoms with Crippen molar-refractivity contribution in [1.82, 2.24) is 15.1 Å². The Morgan fingerprint density at radius 3 is 2.40 bits per heavy atom. The summed E-state index contributed by atoms with van der Waals surface area (Å²) in [6.07, 6.45) is -5.04. The fourth-order valence-corrected chi connectivity index (χ4v) is 6.21. The number of nitrogens with zero attached hydrogens (tertiary/aromatic N) is 3. The van der Waals surface area contributed by atoms with Crippen LogP contribution in [0.15, 0.2) is 60.7 Å². The molecule has 1 aromatic heterocycles. The Labute approximate surface area is 257 Å². The third kappa shape index (κ3) is 6.90. The minimum absolute atomic E-state index is 0.0353. The molecule has 1 amide bonds. The lowest BCUT2D eigenvalue weighted by Crippen LogP contribution is -2.44. The molecule has 0 radical (unpaired) electrons. The number of carbonyl (C=O) groups is 1. The summed E-state index contributed by atoms with van der Waals surface area (Å²) in [6.45, 7) is 3.40. The molecular formula is C33H35F5N6O. The lowest BCUT2D eigenvalue weighted by Gasteiger charge is -2.35. The number of carbonyl (C=O) groups excluding carboxylic acids is 1. The number of alkyl halides is 4. The Bertz CT molecular complexity index is 1660. The van der Waals surface area contributed by atoms with Gasteiger partial charge in [-0.25, -0.2) is 8.78 Å². The normalized spacial score (nSPS) is 20.3. The van der Waals surface area contributed by atoms with E-state index < -0.39 is 30.0 Å². The highest BCUT2D eigenvalue weighted by Gasteiger charge is 2.41. The Morgan fingerprint density at radius 2 is 1.69 bits per heavy atom. The first-order valence-corrected chi connectivity index (χ1v) is 15.1. The maximum absolute atomic E-state index is 15.4. The zero-order valence-corrected chi connectivity index (χ0v) is 24.8. The van der Waals surface area contributed by atoms with Crippen LogP contribution in [0.2, 0.25) is 0 Å². The number of aromatic nitrogens is 2. The van der Waals surface area contributed by atoms with Crippen LogP contribution >= 0.6 is 0 Å². The van der Waals surface area contributed by atoms with E-state index in [1.54, 1.807) is 24.3 Å². The SMILES string of the molecule is CN1CCN(c2ccc(C(=O)Nc3n[nH]c4ccc(C(F)c5cccc(F)c5)cc34)c(NC3CCC(C(F)(F)F)CC3)c2)CC1. The molecule has 2 fully saturated rings. The van der Waals surface area contributed by atoms with Gasteiger partial charge in [0.15, 0.2) is 12.0 Å². The van der Waals surface area contributed by atoms with E-state index in [9.17, 15) is 22.4 Å². The van der Waals surface area contributed by atoms with E-state index in [2.05, 4.69) is 37.7 Å². The summed E-state index contributed by atoms with van der Waals surface area (Å²) in [5.74, 6) is -2.11. The van der Waals surface area contributed by atoms with E-state index in [1.165, 1.54) is 18.2 Å². The van der Waals surface area contributed by atoms with Crippen molar-refractivity contribution in [1.29, 1.82) is 0 Å². The third-order valence-corrected chi connectivity index (χ3v) is 8.92. The van der Waals surface area contributed by atoms with Crippen LogP contribution < -0.4 is 15.5 Å². The molecule has 2 heterocycles. The van der Waals surface area contributed by atoms with Crippen molar-refractivity contribution in [2.75, 3.05) is 48.8 Å². The van der Waals surface area contributed by atoms with Gasteiger partial charge in [0.2, 0.25) is 0 Å². The molecule has 238 valence electrons. The Morgan fingerprint density at radius 1 is 0.956 bits per heavy atom. The van der Waals surface area contributed by atoms with Gasteiger partial charge in [0.05, 0.1) is 17.0 Å². The molecule has 1 atom stereocenters. The number of benzene rings is 3. The van der Waals surface area contributed by atoms with Crippen molar-refractivity contribution >= 4 is 34.0 Å². The van der Waals surface area contributed by atoms with Crippen molar-refractivity contribution < 1.29 is 26.7 Å². The summed E-state index contributed by atoms with van der Waals surface area (Å²) in [5, 5.41) is 13.8. The number of likely N-dealkylation sites (N-methyl/N-ethyl adjacent to an activating group) is 1. The molecule has 1 aliphatic heterocycles. The largest absolute Gasteiger partial charge is 0.391 e. The molecule has 4 aromatic rings. The molecule has 45 heavy (non-hydrogen) atoms. The second-order valence-electron chi connectivity index (χ2n) is 12.0. The first-order chi connectivity index (χ1) is 21.5. The second-order valence-corrected chi connectivity index (χ2v) is 12.0. The van der Waals surface area contributed by atoms with Gasteiger partial charge in [0.25, 0.3) is 5.91 Å². The molecular weight excluding hydrogens is 591 g/mol. The van der Waals surface area contributed by atoms with Crippen LogP contribution in [-0.2, 0) is 0 Å². The molecule has 1 saturated carbocycles. The van der Waals surface area contributed by atoms with Crippen molar-refractivity contribution in [2.24, 2.45) is 5.92 Å². The number of rotatable bonds is 7. The fourth-order valence-electron chi connectivity index (χ4n) is 6.21. The molecule has 12 heteroatoms. The van der Waals surface area contributed by atoms with Crippen molar-refractivity contribution in [3.8, 4) is 0 Å². The van der Waals surface area contributed by atoms with Crippen LogP contribution in [-0.4, -0.2) is 66.4 Å². The minimum atomic E-state index is -4.21. The maximum atomic E-state index is 15.4. The van der Waals surface area contributed by atoms with Crippen LogP contribution in [0.5, 0.6) is 0 Å². The number of halogens is 5. The molecule has 1 aliphatic carbocycles. The number of aromatic amines is 1. The average molecular weight is 627 g/mol. The molecule has 7 nitrogen and oxygen atoms in total. The van der Waals surface area contributed by atoms with E-state index >= 15 is 4.39 Å². The summed E-state index contributed by atoms with van der Waals surface area (Å²) in [7, 11) is 2.06. The zero-order valence-electron chi connectivity index (χ0n) is 24.8. The van der Waals surface area contributed by atoms with Gasteiger partial charge in [0.1, 0.15) is 5.82 Å². The smallest absolute Gasteiger partial charge is 0.382 e. The van der Waals surface area contributed by atoms with Gasteiger partial charge in [-0.1, -0.05) is 18.2 Å². The number of amides is 1. The lowest BCUT2D eigenvalue weighted by molar-refractivity contribution is -0.182. The number of nitrogens with one attached hydrogen (secondary N) is 3. The van der Waals surface area contributed by atoms with Crippen molar-refractivity contribution in [3.63, 3.8) is 0 Å². The Hall–Kier alpha value is -4.19. The highest BCUT2D eigenvalue weighted by atomic mass is 19.4. The number of hydrogen-bond donors (Lipinski definition) is 3. The van der Waals surface area contributed by atoms with E-state index in [0.717, 1.165) is 37.9 Å². The first kappa shape index (κ1) is 30.8. The van der Waals surface area contributed by atoms with E-state index in [0.29, 0.717) is 35.0 Å². The van der Waals surface area contributed by atoms with Gasteiger partial charge in [-0.2, -0.15) is 18.3 Å². The molecule has 3 N–H and O–H groups in total. The van der Waals surface area contributed by atoms with Gasteiger partial charge >= 0.3 is 6.18 Å². The predicted molar refractivity (Wildman–Crippen MR) is 165 cm³/mol. The van der Waals surface area contributed by atoms with Crippen LogP contribution in [0.4, 0.5) is 39.1 Å². The maximum Gasteiger partial charge on any atom is 0.391 e. The fraction of sp³-hybridized carbons (Fsp3) is 0.394. The summed E-state index contributed by atoms with van der Waals surface area (Å²) < 4.78 is 68.9. The van der Waals surface area contributed by atoms with E-state index in [4.69, 9.17) is 0 Å². The molecule has 6 rings (SSSR count). The topological polar surface area (TPSA) is 76.3 Å². The standard InChI is InChI=1S/C33H35F5N6O/c1-43-13-15-44(16-14-43)25-10-11-26(29(19-25)39-24-8-6-22(7-9-24)33(36,37)38)32(45)40-31-27-18-21(5-12-28(27)41-42-31)30(35)20-3-2-4-23(34)17-20/h2-5,10-12,17-19,22,24,30,39H,6-9,13-16H2,1H3,(H2,40,41,42,45). The zero-order chi connectivity index (χ0) is 31.7.